The van der Waals surface area contributed by atoms with Gasteiger partial charge in [0.1, 0.15) is 0 Å². The lowest BCUT2D eigenvalue weighted by Crippen LogP contribution is -2.35. The molecule has 2 heterocycles. The zero-order chi connectivity index (χ0) is 23.4. The van der Waals surface area contributed by atoms with Crippen LogP contribution in [0, 0.1) is 0 Å². The van der Waals surface area contributed by atoms with Gasteiger partial charge in [0, 0.05) is 34.2 Å². The number of sulfone groups is 1. The number of piperidine rings is 1. The highest BCUT2D eigenvalue weighted by molar-refractivity contribution is 7.92. The Morgan fingerprint density at radius 3 is 2.36 bits per heavy atom. The third kappa shape index (κ3) is 5.44. The van der Waals surface area contributed by atoms with Crippen molar-refractivity contribution >= 4 is 56.6 Å². The molecule has 6 N–H and O–H groups in total. The highest BCUT2D eigenvalue weighted by atomic mass is 35.5. The summed E-state index contributed by atoms with van der Waals surface area (Å²) in [5, 5.41) is 6.45. The number of nitrogens with one attached hydrogen (secondary N) is 2. The molecule has 3 aromatic rings. The minimum atomic E-state index is -3.33. The number of benzene rings is 2. The van der Waals surface area contributed by atoms with Gasteiger partial charge in [-0.3, -0.25) is 0 Å². The van der Waals surface area contributed by atoms with E-state index in [0.717, 1.165) is 18.7 Å². The third-order valence-electron chi connectivity index (χ3n) is 5.50. The summed E-state index contributed by atoms with van der Waals surface area (Å²) in [6.45, 7) is 1.46. The monoisotopic (exact) mass is 484 g/mol. The number of halogens is 1. The first-order valence-electron chi connectivity index (χ1n) is 10.5. The van der Waals surface area contributed by atoms with Gasteiger partial charge in [-0.1, -0.05) is 23.8 Å². The van der Waals surface area contributed by atoms with E-state index in [1.807, 2.05) is 6.08 Å². The molecule has 172 valence electrons. The van der Waals surface area contributed by atoms with E-state index in [1.54, 1.807) is 54.9 Å². The molecule has 0 spiro atoms. The molecule has 0 bridgehead atoms. The molecule has 1 aromatic heterocycles. The van der Waals surface area contributed by atoms with Crippen LogP contribution >= 0.6 is 11.6 Å². The molecule has 1 saturated heterocycles. The first-order valence-corrected chi connectivity index (χ1v) is 12.4. The summed E-state index contributed by atoms with van der Waals surface area (Å²) in [5.74, 6) is 0.396. The van der Waals surface area contributed by atoms with E-state index < -0.39 is 9.84 Å². The molecule has 0 radical (unpaired) electrons. The van der Waals surface area contributed by atoms with Crippen molar-refractivity contribution < 1.29 is 8.42 Å². The van der Waals surface area contributed by atoms with Crippen molar-refractivity contribution in [3.05, 3.63) is 64.9 Å². The quantitative estimate of drug-likeness (QED) is 0.388. The summed E-state index contributed by atoms with van der Waals surface area (Å²) in [7, 11) is -3.33. The smallest absolute Gasteiger partial charge is 0.227 e. The average Bonchev–Trinajstić information content (AvgIpc) is 2.82. The van der Waals surface area contributed by atoms with Gasteiger partial charge in [-0.15, -0.1) is 0 Å². The van der Waals surface area contributed by atoms with Crippen molar-refractivity contribution in [3.8, 4) is 0 Å². The van der Waals surface area contributed by atoms with Crippen LogP contribution in [0.1, 0.15) is 24.0 Å². The Morgan fingerprint density at radius 1 is 1.03 bits per heavy atom. The Bertz CT molecular complexity index is 1260. The Balaban J connectivity index is 1.42. The van der Waals surface area contributed by atoms with Crippen LogP contribution in [-0.4, -0.2) is 36.7 Å². The molecular weight excluding hydrogens is 460 g/mol. The van der Waals surface area contributed by atoms with Gasteiger partial charge in [-0.25, -0.2) is 18.4 Å². The SMILES string of the molecule is Nc1cc(Cl)cc(C=Cc2cnc(Nc3ccc(S(=O)(=O)C4CCNCC4)cc3)nc2)c1N. The summed E-state index contributed by atoms with van der Waals surface area (Å²) >= 11 is 6.04. The highest BCUT2D eigenvalue weighted by Crippen LogP contribution is 2.27. The first kappa shape index (κ1) is 23.0. The molecule has 0 amide bonds. The zero-order valence-corrected chi connectivity index (χ0v) is 19.4. The summed E-state index contributed by atoms with van der Waals surface area (Å²) in [6.07, 6.45) is 8.19. The van der Waals surface area contributed by atoms with Gasteiger partial charge in [0.15, 0.2) is 9.84 Å². The summed E-state index contributed by atoms with van der Waals surface area (Å²) < 4.78 is 25.6. The molecule has 10 heteroatoms. The fraction of sp³-hybridized carbons (Fsp3) is 0.217. The van der Waals surface area contributed by atoms with E-state index in [2.05, 4.69) is 20.6 Å². The second-order valence-electron chi connectivity index (χ2n) is 7.82. The zero-order valence-electron chi connectivity index (χ0n) is 17.8. The van der Waals surface area contributed by atoms with Gasteiger partial charge >= 0.3 is 0 Å². The molecule has 1 aliphatic heterocycles. The fourth-order valence-electron chi connectivity index (χ4n) is 3.63. The minimum absolute atomic E-state index is 0.333. The van der Waals surface area contributed by atoms with Crippen LogP contribution in [0.3, 0.4) is 0 Å². The van der Waals surface area contributed by atoms with Crippen LogP contribution in [0.5, 0.6) is 0 Å². The van der Waals surface area contributed by atoms with Gasteiger partial charge in [-0.2, -0.15) is 0 Å². The molecule has 33 heavy (non-hydrogen) atoms. The molecule has 0 unspecified atom stereocenters. The van der Waals surface area contributed by atoms with E-state index in [0.29, 0.717) is 51.3 Å². The maximum Gasteiger partial charge on any atom is 0.227 e. The second-order valence-corrected chi connectivity index (χ2v) is 10.5. The van der Waals surface area contributed by atoms with Crippen molar-refractivity contribution in [1.29, 1.82) is 0 Å². The molecule has 8 nitrogen and oxygen atoms in total. The first-order chi connectivity index (χ1) is 15.8. The van der Waals surface area contributed by atoms with Gasteiger partial charge < -0.3 is 22.1 Å². The average molecular weight is 485 g/mol. The van der Waals surface area contributed by atoms with Gasteiger partial charge in [0.25, 0.3) is 0 Å². The summed E-state index contributed by atoms with van der Waals surface area (Å²) in [4.78, 5) is 8.95. The van der Waals surface area contributed by atoms with Crippen LogP contribution in [0.2, 0.25) is 5.02 Å². The van der Waals surface area contributed by atoms with Crippen LogP contribution in [0.25, 0.3) is 12.2 Å². The molecule has 1 fully saturated rings. The van der Waals surface area contributed by atoms with Crippen molar-refractivity contribution in [1.82, 2.24) is 15.3 Å². The van der Waals surface area contributed by atoms with Crippen LogP contribution in [0.4, 0.5) is 23.0 Å². The van der Waals surface area contributed by atoms with Crippen molar-refractivity contribution in [2.24, 2.45) is 0 Å². The second kappa shape index (κ2) is 9.78. The third-order valence-corrected chi connectivity index (χ3v) is 8.00. The van der Waals surface area contributed by atoms with Crippen molar-refractivity contribution in [3.63, 3.8) is 0 Å². The minimum Gasteiger partial charge on any atom is -0.397 e. The predicted molar refractivity (Wildman–Crippen MR) is 134 cm³/mol. The number of nitrogens with zero attached hydrogens (tertiary/aromatic N) is 2. The highest BCUT2D eigenvalue weighted by Gasteiger charge is 2.28. The van der Waals surface area contributed by atoms with E-state index in [9.17, 15) is 8.42 Å². The number of aromatic nitrogens is 2. The number of nitrogens with two attached hydrogens (primary N) is 2. The molecule has 4 rings (SSSR count). The molecule has 2 aromatic carbocycles. The largest absolute Gasteiger partial charge is 0.397 e. The van der Waals surface area contributed by atoms with E-state index in [1.165, 1.54) is 0 Å². The molecule has 0 saturated carbocycles. The number of rotatable bonds is 6. The normalized spacial score (nSPS) is 15.1. The lowest BCUT2D eigenvalue weighted by molar-refractivity contribution is 0.496. The Hall–Kier alpha value is -3.14. The molecule has 0 atom stereocenters. The lowest BCUT2D eigenvalue weighted by atomic mass is 10.1. The number of anilines is 4. The topological polar surface area (TPSA) is 136 Å². The Morgan fingerprint density at radius 2 is 1.70 bits per heavy atom. The maximum absolute atomic E-state index is 12.8. The fourth-order valence-corrected chi connectivity index (χ4v) is 5.62. The molecule has 1 aliphatic rings. The lowest BCUT2D eigenvalue weighted by Gasteiger charge is -2.22. The standard InChI is InChI=1S/C23H25ClN6O2S/c24-17-11-16(22(26)21(25)12-17)2-1-15-13-28-23(29-14-15)30-18-3-5-19(6-4-18)33(31,32)20-7-9-27-10-8-20/h1-6,11-14,20,27H,7-10,25-26H2,(H,28,29,30). The number of hydrogen-bond acceptors (Lipinski definition) is 8. The van der Waals surface area contributed by atoms with Crippen LogP contribution in [0.15, 0.2) is 53.7 Å². The van der Waals surface area contributed by atoms with Crippen LogP contribution in [-0.2, 0) is 9.84 Å². The maximum atomic E-state index is 12.8. The van der Waals surface area contributed by atoms with E-state index in [-0.39, 0.29) is 5.25 Å². The van der Waals surface area contributed by atoms with Gasteiger partial charge in [0.05, 0.1) is 21.5 Å². The van der Waals surface area contributed by atoms with E-state index in [4.69, 9.17) is 23.1 Å². The molecule has 0 aliphatic carbocycles. The van der Waals surface area contributed by atoms with E-state index >= 15 is 0 Å². The number of hydrogen-bond donors (Lipinski definition) is 4. The Kier molecular flexibility index (Phi) is 6.83. The number of nitrogen functional groups attached to an aromatic ring is 2. The van der Waals surface area contributed by atoms with Gasteiger partial charge in [-0.05, 0) is 62.3 Å². The summed E-state index contributed by atoms with van der Waals surface area (Å²) in [6, 6.07) is 10.0. The Labute approximate surface area is 198 Å². The van der Waals surface area contributed by atoms with Crippen molar-refractivity contribution in [2.45, 2.75) is 23.0 Å². The molecular formula is C23H25ClN6O2S. The summed E-state index contributed by atoms with van der Waals surface area (Å²) in [5.41, 5.74) is 14.9. The predicted octanol–water partition coefficient (Wildman–Crippen LogP) is 3.73. The van der Waals surface area contributed by atoms with Crippen LogP contribution < -0.4 is 22.1 Å². The van der Waals surface area contributed by atoms with Crippen molar-refractivity contribution in [2.75, 3.05) is 29.9 Å². The van der Waals surface area contributed by atoms with Gasteiger partial charge in [0.2, 0.25) is 5.95 Å².